The van der Waals surface area contributed by atoms with E-state index in [-0.39, 0.29) is 0 Å². The minimum atomic E-state index is -3.54. The predicted octanol–water partition coefficient (Wildman–Crippen LogP) is -1.05. The van der Waals surface area contributed by atoms with Crippen molar-refractivity contribution < 1.29 is 21.5 Å². The molecule has 0 aromatic heterocycles. The SMILES string of the molecule is CN(OS(=O)O)S(C)(=O)=O. The number of rotatable bonds is 3. The van der Waals surface area contributed by atoms with Crippen LogP contribution < -0.4 is 0 Å². The van der Waals surface area contributed by atoms with Crippen LogP contribution in [0.5, 0.6) is 0 Å². The highest BCUT2D eigenvalue weighted by Crippen LogP contribution is 1.94. The molecule has 0 amide bonds. The molecule has 62 valence electrons. The first kappa shape index (κ1) is 9.98. The molecule has 0 fully saturated rings. The molecule has 1 atom stereocenters. The van der Waals surface area contributed by atoms with Crippen LogP contribution in [0.4, 0.5) is 0 Å². The quantitative estimate of drug-likeness (QED) is 0.452. The number of hydrogen-bond acceptors (Lipinski definition) is 4. The molecule has 0 rings (SSSR count). The zero-order valence-corrected chi connectivity index (χ0v) is 6.98. The number of nitrogens with zero attached hydrogens (tertiary/aromatic N) is 1. The molecule has 0 saturated heterocycles. The monoisotopic (exact) mass is 189 g/mol. The molecule has 1 N–H and O–H groups in total. The third-order valence-corrected chi connectivity index (χ3v) is 2.09. The summed E-state index contributed by atoms with van der Waals surface area (Å²) in [4.78, 5) is 0. The van der Waals surface area contributed by atoms with E-state index in [1.807, 2.05) is 0 Å². The molecule has 10 heavy (non-hydrogen) atoms. The first-order valence-electron chi connectivity index (χ1n) is 2.07. The lowest BCUT2D eigenvalue weighted by atomic mass is 11.6. The number of hydroxylamine groups is 1. The number of sulfonamides is 1. The van der Waals surface area contributed by atoms with Crippen molar-refractivity contribution in [2.24, 2.45) is 0 Å². The van der Waals surface area contributed by atoms with Gasteiger partial charge in [0.25, 0.3) is 0 Å². The van der Waals surface area contributed by atoms with Crippen LogP contribution in [-0.4, -0.2) is 35.0 Å². The van der Waals surface area contributed by atoms with Gasteiger partial charge in [-0.2, -0.15) is 8.49 Å². The van der Waals surface area contributed by atoms with Crippen LogP contribution in [0.3, 0.4) is 0 Å². The van der Waals surface area contributed by atoms with E-state index in [9.17, 15) is 12.6 Å². The van der Waals surface area contributed by atoms with Crippen LogP contribution in [0, 0.1) is 0 Å². The molecule has 0 heterocycles. The lowest BCUT2D eigenvalue weighted by molar-refractivity contribution is 0.0716. The van der Waals surface area contributed by atoms with Crippen LogP contribution in [0.1, 0.15) is 0 Å². The zero-order chi connectivity index (χ0) is 8.36. The molecule has 0 aliphatic carbocycles. The second-order valence-electron chi connectivity index (χ2n) is 1.46. The summed E-state index contributed by atoms with van der Waals surface area (Å²) in [6, 6.07) is 0. The highest BCUT2D eigenvalue weighted by Gasteiger charge is 2.13. The molecule has 6 nitrogen and oxygen atoms in total. The van der Waals surface area contributed by atoms with Crippen LogP contribution in [0.15, 0.2) is 0 Å². The first-order valence-corrected chi connectivity index (χ1v) is 4.95. The molecule has 0 saturated carbocycles. The lowest BCUT2D eigenvalue weighted by Gasteiger charge is -2.08. The fourth-order valence-electron chi connectivity index (χ4n) is 0.145. The van der Waals surface area contributed by atoms with Crippen molar-refractivity contribution in [2.75, 3.05) is 13.3 Å². The van der Waals surface area contributed by atoms with E-state index in [2.05, 4.69) is 4.28 Å². The maximum Gasteiger partial charge on any atom is 0.320 e. The van der Waals surface area contributed by atoms with Gasteiger partial charge >= 0.3 is 11.4 Å². The van der Waals surface area contributed by atoms with Crippen LogP contribution in [0.2, 0.25) is 0 Å². The molecule has 0 radical (unpaired) electrons. The third kappa shape index (κ3) is 3.90. The van der Waals surface area contributed by atoms with Gasteiger partial charge in [0.15, 0.2) is 0 Å². The van der Waals surface area contributed by atoms with Crippen molar-refractivity contribution in [1.82, 2.24) is 4.47 Å². The second kappa shape index (κ2) is 3.39. The fourth-order valence-corrected chi connectivity index (χ4v) is 0.923. The summed E-state index contributed by atoms with van der Waals surface area (Å²) in [5, 5.41) is 0. The number of hydrogen-bond donors (Lipinski definition) is 1. The van der Waals surface area contributed by atoms with E-state index in [1.165, 1.54) is 0 Å². The molecule has 0 aromatic rings. The Balaban J connectivity index is 4.12. The minimum Gasteiger partial charge on any atom is -0.283 e. The Bertz CT molecular complexity index is 220. The van der Waals surface area contributed by atoms with Crippen LogP contribution in [-0.2, 0) is 25.7 Å². The maximum atomic E-state index is 10.4. The van der Waals surface area contributed by atoms with Crippen molar-refractivity contribution in [3.05, 3.63) is 0 Å². The van der Waals surface area contributed by atoms with Gasteiger partial charge in [-0.3, -0.25) is 4.55 Å². The van der Waals surface area contributed by atoms with Crippen LogP contribution in [0.25, 0.3) is 0 Å². The summed E-state index contributed by atoms with van der Waals surface area (Å²) in [6.07, 6.45) is 0.847. The Morgan fingerprint density at radius 2 is 2.00 bits per heavy atom. The van der Waals surface area contributed by atoms with Gasteiger partial charge in [0.2, 0.25) is 10.0 Å². The Morgan fingerprint density at radius 3 is 2.10 bits per heavy atom. The van der Waals surface area contributed by atoms with Crippen LogP contribution >= 0.6 is 0 Å². The van der Waals surface area contributed by atoms with Crippen molar-refractivity contribution in [2.45, 2.75) is 0 Å². The molecule has 0 aromatic carbocycles. The molecule has 0 aliphatic heterocycles. The average Bonchev–Trinajstić information content (AvgIpc) is 1.60. The standard InChI is InChI=1S/C2H7NO5S2/c1-3(8-9(4)5)10(2,6)7/h1-2H3,(H,4,5). The van der Waals surface area contributed by atoms with E-state index >= 15 is 0 Å². The summed E-state index contributed by atoms with van der Waals surface area (Å²) < 4.78 is 42.9. The van der Waals surface area contributed by atoms with Crippen molar-refractivity contribution in [3.8, 4) is 0 Å². The Kier molecular flexibility index (Phi) is 3.39. The van der Waals surface area contributed by atoms with Crippen molar-refractivity contribution in [3.63, 3.8) is 0 Å². The molecule has 0 spiro atoms. The molecular formula is C2H7NO5S2. The summed E-state index contributed by atoms with van der Waals surface area (Å²) in [5.41, 5.74) is 0. The summed E-state index contributed by atoms with van der Waals surface area (Å²) in [6.45, 7) is 0. The van der Waals surface area contributed by atoms with E-state index in [0.29, 0.717) is 4.47 Å². The van der Waals surface area contributed by atoms with Gasteiger partial charge < -0.3 is 0 Å². The second-order valence-corrected chi connectivity index (χ2v) is 4.03. The third-order valence-electron chi connectivity index (χ3n) is 0.636. The van der Waals surface area contributed by atoms with Gasteiger partial charge in [0.1, 0.15) is 0 Å². The molecule has 8 heteroatoms. The minimum absolute atomic E-state index is 0.309. The molecule has 0 aliphatic rings. The molecular weight excluding hydrogens is 182 g/mol. The predicted molar refractivity (Wildman–Crippen MR) is 34.5 cm³/mol. The van der Waals surface area contributed by atoms with E-state index in [4.69, 9.17) is 4.55 Å². The Labute approximate surface area is 61.3 Å². The van der Waals surface area contributed by atoms with Crippen molar-refractivity contribution in [1.29, 1.82) is 0 Å². The summed E-state index contributed by atoms with van der Waals surface area (Å²) >= 11 is -2.60. The summed E-state index contributed by atoms with van der Waals surface area (Å²) in [7, 11) is -2.52. The normalized spacial score (nSPS) is 15.6. The fraction of sp³-hybridized carbons (Fsp3) is 1.00. The van der Waals surface area contributed by atoms with Gasteiger partial charge in [-0.05, 0) is 0 Å². The lowest BCUT2D eigenvalue weighted by Crippen LogP contribution is -2.26. The maximum absolute atomic E-state index is 10.4. The smallest absolute Gasteiger partial charge is 0.283 e. The zero-order valence-electron chi connectivity index (χ0n) is 5.34. The van der Waals surface area contributed by atoms with Gasteiger partial charge in [-0.25, -0.2) is 8.42 Å². The summed E-state index contributed by atoms with van der Waals surface area (Å²) in [5.74, 6) is 0. The molecule has 0 bridgehead atoms. The average molecular weight is 189 g/mol. The first-order chi connectivity index (χ1) is 4.34. The van der Waals surface area contributed by atoms with Gasteiger partial charge in [0, 0.05) is 7.05 Å². The van der Waals surface area contributed by atoms with Gasteiger partial charge in [-0.15, -0.1) is 0 Å². The Morgan fingerprint density at radius 1 is 1.60 bits per heavy atom. The highest BCUT2D eigenvalue weighted by atomic mass is 32.2. The van der Waals surface area contributed by atoms with E-state index in [0.717, 1.165) is 13.3 Å². The highest BCUT2D eigenvalue weighted by molar-refractivity contribution is 7.88. The molecule has 1 unspecified atom stereocenters. The van der Waals surface area contributed by atoms with Gasteiger partial charge in [0.05, 0.1) is 6.26 Å². The van der Waals surface area contributed by atoms with E-state index < -0.39 is 21.4 Å². The van der Waals surface area contributed by atoms with Crippen molar-refractivity contribution >= 4 is 21.4 Å². The largest absolute Gasteiger partial charge is 0.320 e. The van der Waals surface area contributed by atoms with E-state index in [1.54, 1.807) is 0 Å². The van der Waals surface area contributed by atoms with Gasteiger partial charge in [-0.1, -0.05) is 4.47 Å². The topological polar surface area (TPSA) is 83.9 Å². The Hall–Kier alpha value is -0.0200.